The van der Waals surface area contributed by atoms with Crippen LogP contribution >= 0.6 is 0 Å². The third-order valence-corrected chi connectivity index (χ3v) is 5.14. The Morgan fingerprint density at radius 3 is 1.63 bits per heavy atom. The van der Waals surface area contributed by atoms with Gasteiger partial charge in [0.1, 0.15) is 0 Å². The van der Waals surface area contributed by atoms with Gasteiger partial charge in [-0.3, -0.25) is 0 Å². The van der Waals surface area contributed by atoms with Crippen molar-refractivity contribution in [3.63, 3.8) is 0 Å². The molecule has 0 aromatic heterocycles. The van der Waals surface area contributed by atoms with Crippen molar-refractivity contribution >= 4 is 0 Å². The molecule has 3 nitrogen and oxygen atoms in total. The third-order valence-electron chi connectivity index (χ3n) is 5.14. The number of unbranched alkanes of at least 4 members (excludes halogenated alkanes) is 8. The molecule has 0 saturated carbocycles. The molecule has 27 heavy (non-hydrogen) atoms. The minimum absolute atomic E-state index is 0.458. The van der Waals surface area contributed by atoms with Gasteiger partial charge in [-0.05, 0) is 30.8 Å². The van der Waals surface area contributed by atoms with Crippen LogP contribution in [0.5, 0.6) is 0 Å². The second kappa shape index (κ2) is 15.0. The van der Waals surface area contributed by atoms with E-state index in [0.29, 0.717) is 24.2 Å². The SMILES string of the molecule is C=CCC(O)(CC=C(OC)OC)CCCCCCCCCCCC(C)(C)C. The van der Waals surface area contributed by atoms with Crippen LogP contribution in [0.4, 0.5) is 0 Å². The van der Waals surface area contributed by atoms with Gasteiger partial charge in [0.05, 0.1) is 19.8 Å². The monoisotopic (exact) mass is 382 g/mol. The minimum Gasteiger partial charge on any atom is -0.469 e. The molecule has 3 heteroatoms. The Kier molecular flexibility index (Phi) is 14.5. The molecule has 0 aliphatic heterocycles. The normalized spacial score (nSPS) is 13.7. The first-order chi connectivity index (χ1) is 12.8. The molecule has 160 valence electrons. The molecule has 0 amide bonds. The summed E-state index contributed by atoms with van der Waals surface area (Å²) in [5, 5.41) is 10.8. The van der Waals surface area contributed by atoms with E-state index in [9.17, 15) is 5.11 Å². The number of hydrogen-bond donors (Lipinski definition) is 1. The fourth-order valence-electron chi connectivity index (χ4n) is 3.43. The van der Waals surface area contributed by atoms with Crippen molar-refractivity contribution in [3.8, 4) is 0 Å². The molecule has 0 aromatic rings. The lowest BCUT2D eigenvalue weighted by molar-refractivity contribution is 0.0293. The molecule has 0 rings (SSSR count). The van der Waals surface area contributed by atoms with E-state index in [0.717, 1.165) is 12.8 Å². The number of rotatable bonds is 17. The quantitative estimate of drug-likeness (QED) is 0.165. The highest BCUT2D eigenvalue weighted by Crippen LogP contribution is 2.26. The zero-order valence-corrected chi connectivity index (χ0v) is 18.8. The van der Waals surface area contributed by atoms with Crippen LogP contribution < -0.4 is 0 Å². The van der Waals surface area contributed by atoms with Gasteiger partial charge in [0.2, 0.25) is 0 Å². The Bertz CT molecular complexity index is 389. The molecule has 0 fully saturated rings. The summed E-state index contributed by atoms with van der Waals surface area (Å²) in [6, 6.07) is 0. The van der Waals surface area contributed by atoms with E-state index in [1.165, 1.54) is 57.8 Å². The van der Waals surface area contributed by atoms with Crippen LogP contribution in [0.25, 0.3) is 0 Å². The van der Waals surface area contributed by atoms with Gasteiger partial charge in [-0.1, -0.05) is 84.6 Å². The molecule has 0 heterocycles. The summed E-state index contributed by atoms with van der Waals surface area (Å²) in [5.41, 5.74) is -0.255. The van der Waals surface area contributed by atoms with Crippen LogP contribution in [0.2, 0.25) is 0 Å². The summed E-state index contributed by atoms with van der Waals surface area (Å²) in [6.45, 7) is 10.8. The summed E-state index contributed by atoms with van der Waals surface area (Å²) >= 11 is 0. The highest BCUT2D eigenvalue weighted by atomic mass is 16.7. The maximum atomic E-state index is 10.8. The maximum absolute atomic E-state index is 10.8. The largest absolute Gasteiger partial charge is 0.469 e. The van der Waals surface area contributed by atoms with Crippen molar-refractivity contribution in [3.05, 3.63) is 24.7 Å². The minimum atomic E-state index is -0.739. The Balaban J connectivity index is 3.80. The van der Waals surface area contributed by atoms with Gasteiger partial charge in [0.25, 0.3) is 5.95 Å². The van der Waals surface area contributed by atoms with Gasteiger partial charge < -0.3 is 14.6 Å². The Labute approximate surface area is 169 Å². The predicted molar refractivity (Wildman–Crippen MR) is 117 cm³/mol. The molecular weight excluding hydrogens is 336 g/mol. The number of hydrogen-bond acceptors (Lipinski definition) is 3. The summed E-state index contributed by atoms with van der Waals surface area (Å²) in [6.07, 6.45) is 18.6. The van der Waals surface area contributed by atoms with Crippen molar-refractivity contribution in [1.82, 2.24) is 0 Å². The average Bonchev–Trinajstić information content (AvgIpc) is 2.60. The first kappa shape index (κ1) is 26.0. The lowest BCUT2D eigenvalue weighted by Crippen LogP contribution is -2.27. The highest BCUT2D eigenvalue weighted by molar-refractivity contribution is 4.95. The van der Waals surface area contributed by atoms with Gasteiger partial charge in [-0.15, -0.1) is 6.58 Å². The molecule has 0 saturated heterocycles. The molecule has 0 radical (unpaired) electrons. The van der Waals surface area contributed by atoms with E-state index in [4.69, 9.17) is 9.47 Å². The summed E-state index contributed by atoms with van der Waals surface area (Å²) < 4.78 is 10.2. The summed E-state index contributed by atoms with van der Waals surface area (Å²) in [4.78, 5) is 0. The van der Waals surface area contributed by atoms with E-state index in [1.807, 2.05) is 6.08 Å². The first-order valence-electron chi connectivity index (χ1n) is 10.9. The fraction of sp³-hybridized carbons (Fsp3) is 0.833. The number of methoxy groups -OCH3 is 2. The Morgan fingerprint density at radius 1 is 0.778 bits per heavy atom. The standard InChI is InChI=1S/C24H46O3/c1-7-18-24(25,21-17-22(26-5)27-6)20-16-14-12-10-8-9-11-13-15-19-23(2,3)4/h7,17,25H,1,8-16,18-21H2,2-6H3. The highest BCUT2D eigenvalue weighted by Gasteiger charge is 2.24. The Morgan fingerprint density at radius 2 is 1.22 bits per heavy atom. The van der Waals surface area contributed by atoms with E-state index in [1.54, 1.807) is 20.3 Å². The van der Waals surface area contributed by atoms with Crippen LogP contribution in [-0.4, -0.2) is 24.9 Å². The zero-order chi connectivity index (χ0) is 20.6. The van der Waals surface area contributed by atoms with Crippen molar-refractivity contribution in [2.24, 2.45) is 5.41 Å². The lowest BCUT2D eigenvalue weighted by atomic mass is 9.89. The topological polar surface area (TPSA) is 38.7 Å². The fourth-order valence-corrected chi connectivity index (χ4v) is 3.43. The van der Waals surface area contributed by atoms with Gasteiger partial charge in [-0.25, -0.2) is 0 Å². The molecule has 0 aliphatic carbocycles. The predicted octanol–water partition coefficient (Wildman–Crippen LogP) is 7.16. The van der Waals surface area contributed by atoms with Crippen LogP contribution in [0.1, 0.15) is 104 Å². The summed E-state index contributed by atoms with van der Waals surface area (Å²) in [5.74, 6) is 0.458. The number of ether oxygens (including phenoxy) is 2. The summed E-state index contributed by atoms with van der Waals surface area (Å²) in [7, 11) is 3.15. The van der Waals surface area contributed by atoms with Crippen LogP contribution in [0.3, 0.4) is 0 Å². The second-order valence-electron chi connectivity index (χ2n) is 9.10. The molecule has 0 bridgehead atoms. The third kappa shape index (κ3) is 15.8. The molecular formula is C24H46O3. The lowest BCUT2D eigenvalue weighted by Gasteiger charge is -2.26. The smallest absolute Gasteiger partial charge is 0.274 e. The van der Waals surface area contributed by atoms with Gasteiger partial charge >= 0.3 is 0 Å². The van der Waals surface area contributed by atoms with Gasteiger partial charge in [-0.2, -0.15) is 0 Å². The van der Waals surface area contributed by atoms with Crippen molar-refractivity contribution < 1.29 is 14.6 Å². The van der Waals surface area contributed by atoms with Crippen molar-refractivity contribution in [1.29, 1.82) is 0 Å². The van der Waals surface area contributed by atoms with E-state index in [-0.39, 0.29) is 0 Å². The maximum Gasteiger partial charge on any atom is 0.274 e. The molecule has 1 atom stereocenters. The van der Waals surface area contributed by atoms with Crippen molar-refractivity contribution in [2.45, 2.75) is 110 Å². The number of aliphatic hydroxyl groups is 1. The Hall–Kier alpha value is -0.960. The molecule has 0 aliphatic rings. The molecule has 0 aromatic carbocycles. The van der Waals surface area contributed by atoms with E-state index < -0.39 is 5.60 Å². The van der Waals surface area contributed by atoms with Crippen LogP contribution in [0, 0.1) is 5.41 Å². The van der Waals surface area contributed by atoms with Crippen LogP contribution in [0.15, 0.2) is 24.7 Å². The van der Waals surface area contributed by atoms with E-state index >= 15 is 0 Å². The van der Waals surface area contributed by atoms with Crippen molar-refractivity contribution in [2.75, 3.05) is 14.2 Å². The first-order valence-corrected chi connectivity index (χ1v) is 10.9. The van der Waals surface area contributed by atoms with E-state index in [2.05, 4.69) is 27.4 Å². The van der Waals surface area contributed by atoms with Gasteiger partial charge in [0, 0.05) is 6.42 Å². The van der Waals surface area contributed by atoms with Crippen LogP contribution in [-0.2, 0) is 9.47 Å². The second-order valence-corrected chi connectivity index (χ2v) is 9.10. The zero-order valence-electron chi connectivity index (χ0n) is 18.8. The molecule has 1 N–H and O–H groups in total. The average molecular weight is 383 g/mol. The molecule has 1 unspecified atom stereocenters. The molecule has 0 spiro atoms. The van der Waals surface area contributed by atoms with Gasteiger partial charge in [0.15, 0.2) is 0 Å².